The van der Waals surface area contributed by atoms with Gasteiger partial charge in [-0.15, -0.1) is 0 Å². The summed E-state index contributed by atoms with van der Waals surface area (Å²) in [7, 11) is -1.84. The number of aromatic nitrogens is 8. The molecule has 0 spiro atoms. The van der Waals surface area contributed by atoms with Crippen LogP contribution in [0.5, 0.6) is 0 Å². The van der Waals surface area contributed by atoms with Crippen molar-refractivity contribution < 1.29 is 35.8 Å². The Kier molecular flexibility index (Phi) is 13.5. The second-order valence-corrected chi connectivity index (χ2v) is 23.5. The molecular weight excluding hydrogens is 979 g/mol. The number of sulfonamides is 2. The lowest BCUT2D eigenvalue weighted by molar-refractivity contribution is 0.00578. The van der Waals surface area contributed by atoms with Gasteiger partial charge in [0.1, 0.15) is 51.1 Å². The Morgan fingerprint density at radius 2 is 1.10 bits per heavy atom. The first-order valence-electron chi connectivity index (χ1n) is 21.0. The van der Waals surface area contributed by atoms with Crippen molar-refractivity contribution in [1.82, 2.24) is 39.5 Å². The van der Waals surface area contributed by atoms with Crippen molar-refractivity contribution in [2.75, 3.05) is 36.9 Å². The molecule has 0 aromatic carbocycles. The van der Waals surface area contributed by atoms with Gasteiger partial charge in [-0.3, -0.25) is 18.6 Å². The molecule has 24 heteroatoms. The SMILES string of the molecule is CC1(C)OB(c2cnn(-c3cccnc3)c2)OC1(C)C.CO/N=C1/c2nc(-c3cnn(-c4cccnc4)c3)ccc2N(C)S(=O)(=O)C1(C)C.CO/N=C1/c2nc(Br)ccc2N(C)S(=O)(=O)C1(C)C. The zero-order chi connectivity index (χ0) is 49.6. The van der Waals surface area contributed by atoms with E-state index in [0.717, 1.165) is 22.4 Å². The van der Waals surface area contributed by atoms with Crippen molar-refractivity contribution in [1.29, 1.82) is 0 Å². The monoisotopic (exact) mass is 1030 g/mol. The Labute approximate surface area is 404 Å². The summed E-state index contributed by atoms with van der Waals surface area (Å²) in [5, 5.41) is 16.6. The molecule has 0 atom stereocenters. The highest BCUT2D eigenvalue weighted by molar-refractivity contribution is 9.10. The molecule has 0 unspecified atom stereocenters. The molecule has 0 amide bonds. The predicted molar refractivity (Wildman–Crippen MR) is 263 cm³/mol. The fourth-order valence-corrected chi connectivity index (χ4v) is 10.5. The molecule has 9 rings (SSSR count). The third-order valence-corrected chi connectivity index (χ3v) is 17.4. The van der Waals surface area contributed by atoms with E-state index in [9.17, 15) is 16.8 Å². The molecule has 6 aromatic rings. The molecule has 6 aromatic heterocycles. The van der Waals surface area contributed by atoms with Gasteiger partial charge in [-0.25, -0.2) is 36.2 Å². The summed E-state index contributed by atoms with van der Waals surface area (Å²) in [6, 6.07) is 14.4. The minimum atomic E-state index is -3.67. The maximum Gasteiger partial charge on any atom is 0.498 e. The van der Waals surface area contributed by atoms with Gasteiger partial charge in [0.05, 0.1) is 58.2 Å². The van der Waals surface area contributed by atoms with Gasteiger partial charge < -0.3 is 19.0 Å². The molecular formula is C44H52BBrN12O8S2. The first kappa shape index (κ1) is 49.8. The Bertz CT molecular complexity index is 3100. The van der Waals surface area contributed by atoms with E-state index in [1.54, 1.807) is 98.5 Å². The molecule has 0 bridgehead atoms. The second-order valence-electron chi connectivity index (χ2n) is 17.7. The fourth-order valence-electron chi connectivity index (χ4n) is 7.30. The summed E-state index contributed by atoms with van der Waals surface area (Å²) in [5.74, 6) is 0. The largest absolute Gasteiger partial charge is 0.498 e. The van der Waals surface area contributed by atoms with E-state index in [-0.39, 0.29) is 24.0 Å². The van der Waals surface area contributed by atoms with Crippen molar-refractivity contribution >= 4 is 71.4 Å². The number of hydrogen-bond acceptors (Lipinski definition) is 16. The fraction of sp³-hybridized carbons (Fsp3) is 0.364. The smallest absolute Gasteiger partial charge is 0.399 e. The summed E-state index contributed by atoms with van der Waals surface area (Å²) < 4.78 is 67.0. The Hall–Kier alpha value is -6.08. The van der Waals surface area contributed by atoms with E-state index in [1.807, 2.05) is 64.4 Å². The number of halogens is 1. The third kappa shape index (κ3) is 8.90. The number of hydrogen-bond donors (Lipinski definition) is 0. The van der Waals surface area contributed by atoms with Gasteiger partial charge in [-0.1, -0.05) is 10.3 Å². The molecule has 3 aliphatic heterocycles. The number of oxime groups is 2. The van der Waals surface area contributed by atoms with E-state index in [4.69, 9.17) is 24.0 Å². The zero-order valence-electron chi connectivity index (χ0n) is 39.6. The Balaban J connectivity index is 0.000000156. The van der Waals surface area contributed by atoms with E-state index >= 15 is 0 Å². The van der Waals surface area contributed by atoms with Crippen LogP contribution in [0.15, 0.2) is 113 Å². The van der Waals surface area contributed by atoms with E-state index < -0.39 is 29.5 Å². The van der Waals surface area contributed by atoms with E-state index in [1.165, 1.54) is 36.9 Å². The molecule has 1 fully saturated rings. The third-order valence-electron chi connectivity index (χ3n) is 12.2. The summed E-state index contributed by atoms with van der Waals surface area (Å²) in [5.41, 5.74) is 5.84. The average molecular weight is 1030 g/mol. The van der Waals surface area contributed by atoms with Crippen LogP contribution in [-0.2, 0) is 39.0 Å². The van der Waals surface area contributed by atoms with Gasteiger partial charge in [0.25, 0.3) is 0 Å². The summed E-state index contributed by atoms with van der Waals surface area (Å²) in [6.07, 6.45) is 14.1. The van der Waals surface area contributed by atoms with Crippen LogP contribution in [0, 0.1) is 0 Å². The van der Waals surface area contributed by atoms with Crippen LogP contribution in [0.25, 0.3) is 22.6 Å². The van der Waals surface area contributed by atoms with Crippen LogP contribution in [0.3, 0.4) is 0 Å². The zero-order valence-corrected chi connectivity index (χ0v) is 42.9. The van der Waals surface area contributed by atoms with Crippen molar-refractivity contribution in [2.24, 2.45) is 10.3 Å². The first-order chi connectivity index (χ1) is 31.9. The van der Waals surface area contributed by atoms with E-state index in [0.29, 0.717) is 38.8 Å². The molecule has 358 valence electrons. The topological polar surface area (TPSA) is 224 Å². The van der Waals surface area contributed by atoms with Gasteiger partial charge in [0.2, 0.25) is 20.0 Å². The quantitative estimate of drug-likeness (QED) is 0.113. The molecule has 1 saturated heterocycles. The molecule has 0 radical (unpaired) electrons. The minimum absolute atomic E-state index is 0.259. The van der Waals surface area contributed by atoms with Crippen molar-refractivity contribution in [3.8, 4) is 22.6 Å². The summed E-state index contributed by atoms with van der Waals surface area (Å²) >= 11 is 3.28. The lowest BCUT2D eigenvalue weighted by Crippen LogP contribution is -2.53. The summed E-state index contributed by atoms with van der Waals surface area (Å²) in [6.45, 7) is 14.5. The molecule has 9 heterocycles. The second kappa shape index (κ2) is 18.4. The minimum Gasteiger partial charge on any atom is -0.399 e. The van der Waals surface area contributed by atoms with Crippen molar-refractivity contribution in [3.05, 3.63) is 114 Å². The maximum atomic E-state index is 12.9. The number of anilines is 2. The Morgan fingerprint density at radius 1 is 0.632 bits per heavy atom. The molecule has 68 heavy (non-hydrogen) atoms. The highest BCUT2D eigenvalue weighted by Crippen LogP contribution is 2.40. The first-order valence-corrected chi connectivity index (χ1v) is 24.7. The average Bonchev–Trinajstić information content (AvgIpc) is 4.05. The van der Waals surface area contributed by atoms with Crippen LogP contribution in [0.4, 0.5) is 11.4 Å². The Morgan fingerprint density at radius 3 is 1.59 bits per heavy atom. The number of nitrogens with zero attached hydrogens (tertiary/aromatic N) is 12. The van der Waals surface area contributed by atoms with Crippen molar-refractivity contribution in [2.45, 2.75) is 76.1 Å². The highest BCUT2D eigenvalue weighted by atomic mass is 79.9. The number of pyridine rings is 4. The van der Waals surface area contributed by atoms with Crippen LogP contribution in [0.1, 0.15) is 66.8 Å². The number of rotatable bonds is 6. The van der Waals surface area contributed by atoms with Gasteiger partial charge in [0, 0.05) is 56.1 Å². The summed E-state index contributed by atoms with van der Waals surface area (Å²) in [4.78, 5) is 27.0. The van der Waals surface area contributed by atoms with Crippen LogP contribution in [0.2, 0.25) is 0 Å². The molecule has 3 aliphatic rings. The van der Waals surface area contributed by atoms with Crippen LogP contribution in [-0.4, -0.2) is 124 Å². The van der Waals surface area contributed by atoms with Gasteiger partial charge >= 0.3 is 7.12 Å². The lowest BCUT2D eigenvalue weighted by atomic mass is 9.82. The highest BCUT2D eigenvalue weighted by Gasteiger charge is 2.53. The van der Waals surface area contributed by atoms with Crippen LogP contribution < -0.4 is 14.1 Å². The van der Waals surface area contributed by atoms with Crippen LogP contribution >= 0.6 is 15.9 Å². The van der Waals surface area contributed by atoms with E-state index in [2.05, 4.69) is 51.4 Å². The molecule has 0 saturated carbocycles. The lowest BCUT2D eigenvalue weighted by Gasteiger charge is -2.37. The normalized spacial score (nSPS) is 20.0. The molecule has 0 N–H and O–H groups in total. The molecule has 0 aliphatic carbocycles. The predicted octanol–water partition coefficient (Wildman–Crippen LogP) is 5.56. The van der Waals surface area contributed by atoms with Gasteiger partial charge in [0.15, 0.2) is 0 Å². The van der Waals surface area contributed by atoms with Gasteiger partial charge in [-0.05, 0) is 120 Å². The molecule has 20 nitrogen and oxygen atoms in total. The van der Waals surface area contributed by atoms with Gasteiger partial charge in [-0.2, -0.15) is 10.2 Å². The standard InChI is InChI=1S/C19H20N6O3S.C14H18BN3O2.C11H14BrN3O3S/c1-19(2)18(23-28-4)17-16(24(3)29(19,26)27)8-7-15(22-17)13-10-21-25(12-13)14-6-5-9-20-11-14;1-13(2)14(3,4)20-15(19-13)11-8-17-18(10-11)12-6-5-7-16-9-12;1-11(2)10(14-18-4)9-7(5-6-8(12)13-9)15(3)19(11,16)17/h5-12H,1-4H3;5-10H,1-4H3;5-6H,1-4H3/b23-18-;;14-10-. The maximum absolute atomic E-state index is 12.9. The van der Waals surface area contributed by atoms with Crippen molar-refractivity contribution in [3.63, 3.8) is 0 Å². The number of fused-ring (bicyclic) bond motifs is 2.